The topological polar surface area (TPSA) is 237 Å². The van der Waals surface area contributed by atoms with E-state index in [1.54, 1.807) is 0 Å². The summed E-state index contributed by atoms with van der Waals surface area (Å²) in [7, 11) is -9.88. The van der Waals surface area contributed by atoms with Crippen molar-refractivity contribution in [3.05, 3.63) is 0 Å². The number of aliphatic hydroxyl groups excluding tert-OH is 1. The fourth-order valence-corrected chi connectivity index (χ4v) is 11.5. The first-order valence-corrected chi connectivity index (χ1v) is 37.5. The third kappa shape index (κ3) is 60.7. The van der Waals surface area contributed by atoms with Crippen molar-refractivity contribution in [1.82, 2.24) is 0 Å². The SMILES string of the molecule is CCCCCCCCCCC(=O)O[C@H](COC(=O)CCCCCCC)COP(=O)(O)OC[C@H](O)COP(=O)(O)OC[C@@H](COC(=O)CCCCCCCCCCCCCCC(C)C)OC(=O)CCCCCCCCCCCCCCCCC(C)C. The van der Waals surface area contributed by atoms with Crippen molar-refractivity contribution < 1.29 is 80.2 Å². The zero-order valence-corrected chi connectivity index (χ0v) is 56.7. The minimum atomic E-state index is -4.95. The molecule has 504 valence electrons. The number of esters is 4. The fraction of sp³-hybridized carbons (Fsp3) is 0.939. The lowest BCUT2D eigenvalue weighted by Gasteiger charge is -2.21. The molecule has 0 aliphatic heterocycles. The second kappa shape index (κ2) is 58.4. The summed E-state index contributed by atoms with van der Waals surface area (Å²) < 4.78 is 67.8. The summed E-state index contributed by atoms with van der Waals surface area (Å²) in [5.74, 6) is -0.566. The lowest BCUT2D eigenvalue weighted by Crippen LogP contribution is -2.30. The summed E-state index contributed by atoms with van der Waals surface area (Å²) in [6.07, 6.45) is 42.1. The van der Waals surface area contributed by atoms with E-state index >= 15 is 0 Å². The van der Waals surface area contributed by atoms with E-state index in [1.807, 2.05) is 0 Å². The highest BCUT2D eigenvalue weighted by Gasteiger charge is 2.30. The van der Waals surface area contributed by atoms with Crippen molar-refractivity contribution in [2.24, 2.45) is 11.8 Å². The zero-order valence-electron chi connectivity index (χ0n) is 54.9. The maximum atomic E-state index is 13.0. The molecule has 0 saturated heterocycles. The molecule has 2 unspecified atom stereocenters. The third-order valence-corrected chi connectivity index (χ3v) is 17.1. The molecule has 0 spiro atoms. The molecule has 0 rings (SSSR count). The molecule has 17 nitrogen and oxygen atoms in total. The largest absolute Gasteiger partial charge is 0.472 e. The summed E-state index contributed by atoms with van der Waals surface area (Å²) in [5, 5.41) is 10.5. The molecule has 0 aromatic carbocycles. The number of aliphatic hydroxyl groups is 1. The first-order chi connectivity index (χ1) is 40.9. The van der Waals surface area contributed by atoms with Crippen molar-refractivity contribution in [2.45, 2.75) is 349 Å². The quantitative estimate of drug-likeness (QED) is 0.0222. The zero-order chi connectivity index (χ0) is 62.9. The van der Waals surface area contributed by atoms with Crippen LogP contribution in [-0.4, -0.2) is 96.7 Å². The van der Waals surface area contributed by atoms with Crippen molar-refractivity contribution in [3.8, 4) is 0 Å². The Kier molecular flexibility index (Phi) is 57.1. The molecule has 0 aromatic heterocycles. The fourth-order valence-electron chi connectivity index (χ4n) is 9.88. The minimum Gasteiger partial charge on any atom is -0.462 e. The number of phosphoric acid groups is 2. The Balaban J connectivity index is 5.15. The molecule has 19 heteroatoms. The van der Waals surface area contributed by atoms with Crippen LogP contribution in [0, 0.1) is 11.8 Å². The lowest BCUT2D eigenvalue weighted by atomic mass is 10.0. The highest BCUT2D eigenvalue weighted by molar-refractivity contribution is 7.47. The van der Waals surface area contributed by atoms with Gasteiger partial charge in [0.05, 0.1) is 26.4 Å². The van der Waals surface area contributed by atoms with Crippen LogP contribution >= 0.6 is 15.6 Å². The Morgan fingerprint density at radius 1 is 0.318 bits per heavy atom. The van der Waals surface area contributed by atoms with Crippen LogP contribution in [0.5, 0.6) is 0 Å². The maximum absolute atomic E-state index is 13.0. The molecule has 0 amide bonds. The summed E-state index contributed by atoms with van der Waals surface area (Å²) in [6, 6.07) is 0. The molecular formula is C66H128O17P2. The van der Waals surface area contributed by atoms with Gasteiger partial charge in [-0.15, -0.1) is 0 Å². The van der Waals surface area contributed by atoms with E-state index in [0.717, 1.165) is 115 Å². The molecular weight excluding hydrogens is 1130 g/mol. The molecule has 0 saturated carbocycles. The van der Waals surface area contributed by atoms with E-state index in [-0.39, 0.29) is 25.7 Å². The van der Waals surface area contributed by atoms with Crippen LogP contribution in [0.3, 0.4) is 0 Å². The molecule has 0 heterocycles. The summed E-state index contributed by atoms with van der Waals surface area (Å²) >= 11 is 0. The molecule has 3 N–H and O–H groups in total. The number of carbonyl (C=O) groups is 4. The van der Waals surface area contributed by atoms with Crippen LogP contribution in [0.1, 0.15) is 330 Å². The van der Waals surface area contributed by atoms with Gasteiger partial charge >= 0.3 is 39.5 Å². The molecule has 5 atom stereocenters. The summed E-state index contributed by atoms with van der Waals surface area (Å²) in [6.45, 7) is 9.43. The van der Waals surface area contributed by atoms with Crippen LogP contribution < -0.4 is 0 Å². The highest BCUT2D eigenvalue weighted by atomic mass is 31.2. The summed E-state index contributed by atoms with van der Waals surface area (Å²) in [4.78, 5) is 72.0. The van der Waals surface area contributed by atoms with Gasteiger partial charge in [0.15, 0.2) is 12.2 Å². The van der Waals surface area contributed by atoms with Gasteiger partial charge in [0, 0.05) is 25.7 Å². The Morgan fingerprint density at radius 3 is 0.800 bits per heavy atom. The Morgan fingerprint density at radius 2 is 0.541 bits per heavy atom. The van der Waals surface area contributed by atoms with E-state index in [9.17, 15) is 43.2 Å². The van der Waals surface area contributed by atoms with Gasteiger partial charge in [-0.2, -0.15) is 0 Å². The van der Waals surface area contributed by atoms with Crippen molar-refractivity contribution in [1.29, 1.82) is 0 Å². The molecule has 0 aliphatic rings. The van der Waals surface area contributed by atoms with E-state index < -0.39 is 97.5 Å². The molecule has 0 radical (unpaired) electrons. The average Bonchev–Trinajstić information content (AvgIpc) is 3.61. The van der Waals surface area contributed by atoms with Crippen LogP contribution in [0.15, 0.2) is 0 Å². The van der Waals surface area contributed by atoms with Crippen LogP contribution in [0.25, 0.3) is 0 Å². The Hall–Kier alpha value is -1.94. The normalized spacial score (nSPS) is 14.2. The molecule has 0 aromatic rings. The Labute approximate surface area is 517 Å². The molecule has 0 fully saturated rings. The Bertz CT molecular complexity index is 1670. The monoisotopic (exact) mass is 1250 g/mol. The number of unbranched alkanes of at least 4 members (excludes halogenated alkanes) is 35. The van der Waals surface area contributed by atoms with Crippen LogP contribution in [0.4, 0.5) is 0 Å². The highest BCUT2D eigenvalue weighted by Crippen LogP contribution is 2.45. The second-order valence-electron chi connectivity index (χ2n) is 24.8. The second-order valence-corrected chi connectivity index (χ2v) is 27.7. The first kappa shape index (κ1) is 83.1. The number of ether oxygens (including phenoxy) is 4. The smallest absolute Gasteiger partial charge is 0.462 e. The minimum absolute atomic E-state index is 0.104. The molecule has 85 heavy (non-hydrogen) atoms. The van der Waals surface area contributed by atoms with E-state index in [0.29, 0.717) is 25.7 Å². The van der Waals surface area contributed by atoms with Crippen LogP contribution in [-0.2, 0) is 65.4 Å². The van der Waals surface area contributed by atoms with Gasteiger partial charge in [0.25, 0.3) is 0 Å². The van der Waals surface area contributed by atoms with Gasteiger partial charge in [0.2, 0.25) is 0 Å². The average molecular weight is 1260 g/mol. The van der Waals surface area contributed by atoms with Gasteiger partial charge in [-0.25, -0.2) is 9.13 Å². The van der Waals surface area contributed by atoms with Crippen molar-refractivity contribution >= 4 is 39.5 Å². The van der Waals surface area contributed by atoms with E-state index in [2.05, 4.69) is 41.5 Å². The van der Waals surface area contributed by atoms with E-state index in [1.165, 1.54) is 135 Å². The number of carbonyl (C=O) groups excluding carboxylic acids is 4. The summed E-state index contributed by atoms with van der Waals surface area (Å²) in [5.41, 5.74) is 0. The number of hydrogen-bond donors (Lipinski definition) is 3. The molecule has 0 bridgehead atoms. The van der Waals surface area contributed by atoms with Crippen LogP contribution in [0.2, 0.25) is 0 Å². The maximum Gasteiger partial charge on any atom is 0.472 e. The molecule has 0 aliphatic carbocycles. The first-order valence-electron chi connectivity index (χ1n) is 34.5. The van der Waals surface area contributed by atoms with E-state index in [4.69, 9.17) is 37.0 Å². The van der Waals surface area contributed by atoms with Gasteiger partial charge in [0.1, 0.15) is 19.3 Å². The number of hydrogen-bond acceptors (Lipinski definition) is 15. The standard InChI is InChI=1S/C66H128O17P2/c1-7-9-11-13-14-31-38-44-50-65(70)82-61(54-76-63(68)48-42-34-12-10-8-2)56-80-84(72,73)78-52-60(67)53-79-85(74,75)81-57-62(55-77-64(69)49-43-37-32-27-23-20-19-22-26-30-36-41-47-59(5)6)83-66(71)51-45-39-33-28-24-18-16-15-17-21-25-29-35-40-46-58(3)4/h58-62,67H,7-57H2,1-6H3,(H,72,73)(H,74,75)/t60-,61+,62+/m0/s1. The third-order valence-electron chi connectivity index (χ3n) is 15.2. The van der Waals surface area contributed by atoms with Crippen molar-refractivity contribution in [3.63, 3.8) is 0 Å². The van der Waals surface area contributed by atoms with Crippen molar-refractivity contribution in [2.75, 3.05) is 39.6 Å². The number of rotatable bonds is 65. The van der Waals surface area contributed by atoms with Gasteiger partial charge in [-0.1, -0.05) is 279 Å². The number of phosphoric ester groups is 2. The van der Waals surface area contributed by atoms with Gasteiger partial charge in [-0.05, 0) is 37.5 Å². The van der Waals surface area contributed by atoms with Gasteiger partial charge in [-0.3, -0.25) is 37.3 Å². The lowest BCUT2D eigenvalue weighted by molar-refractivity contribution is -0.161. The predicted octanol–water partition coefficient (Wildman–Crippen LogP) is 18.4. The van der Waals surface area contributed by atoms with Gasteiger partial charge < -0.3 is 33.8 Å². The predicted molar refractivity (Wildman–Crippen MR) is 340 cm³/mol.